The third kappa shape index (κ3) is 6.40. The summed E-state index contributed by atoms with van der Waals surface area (Å²) in [5.41, 5.74) is 7.69. The van der Waals surface area contributed by atoms with Crippen LogP contribution in [0.3, 0.4) is 0 Å². The Balaban J connectivity index is 0.00000149. The van der Waals surface area contributed by atoms with Crippen molar-refractivity contribution in [1.82, 2.24) is 14.9 Å². The number of rotatable bonds is 8. The molecule has 6 nitrogen and oxygen atoms in total. The van der Waals surface area contributed by atoms with Gasteiger partial charge in [-0.2, -0.15) is 0 Å². The van der Waals surface area contributed by atoms with E-state index in [1.807, 2.05) is 46.1 Å². The van der Waals surface area contributed by atoms with E-state index in [9.17, 15) is 4.39 Å². The molecule has 0 aliphatic heterocycles. The molecule has 0 radical (unpaired) electrons. The van der Waals surface area contributed by atoms with Crippen LogP contribution in [-0.4, -0.2) is 42.1 Å². The molecule has 0 spiro atoms. The number of pyridine rings is 2. The molecule has 0 saturated carbocycles. The lowest BCUT2D eigenvalue weighted by Crippen LogP contribution is -2.15. The topological polar surface area (TPSA) is 73.5 Å². The van der Waals surface area contributed by atoms with Gasteiger partial charge in [-0.3, -0.25) is 4.98 Å². The van der Waals surface area contributed by atoms with Gasteiger partial charge in [0.2, 0.25) is 5.88 Å². The molecule has 174 valence electrons. The fourth-order valence-electron chi connectivity index (χ4n) is 3.02. The van der Waals surface area contributed by atoms with Crippen molar-refractivity contribution in [2.24, 2.45) is 0 Å². The largest absolute Gasteiger partial charge is 0.478 e. The maximum Gasteiger partial charge on any atom is 0.213 e. The molecule has 8 heteroatoms. The Kier molecular flexibility index (Phi) is 8.57. The monoisotopic (exact) mass is 468 g/mol. The first kappa shape index (κ1) is 24.4. The van der Waals surface area contributed by atoms with Gasteiger partial charge in [0.15, 0.2) is 11.6 Å². The Morgan fingerprint density at radius 2 is 1.85 bits per heavy atom. The molecule has 0 aliphatic rings. The number of nitrogen functional groups attached to an aromatic ring is 1. The highest BCUT2D eigenvalue weighted by Gasteiger charge is 2.13. The zero-order valence-electron chi connectivity index (χ0n) is 19.3. The molecule has 0 fully saturated rings. The number of nitrogens with two attached hydrogens (primary N) is 1. The molecule has 33 heavy (non-hydrogen) atoms. The molecule has 0 atom stereocenters. The lowest BCUT2D eigenvalue weighted by atomic mass is 10.2. The standard InChI is InChI=1S/C23H23FN4O2S.C2H6/c1-28(2)10-3-11-29-22-7-4-15(14-27-22)21-13-18-23(31-21)20(8-9-26-18)30-19-6-5-16(25)12-17(19)24;1-2/h4-9,12-14H,3,10-11,25H2,1-2H3;1-2H3. The van der Waals surface area contributed by atoms with Crippen molar-refractivity contribution in [2.45, 2.75) is 20.3 Å². The summed E-state index contributed by atoms with van der Waals surface area (Å²) in [6.07, 6.45) is 4.37. The number of benzene rings is 1. The molecular formula is C25H29FN4O2S. The third-order valence-corrected chi connectivity index (χ3v) is 5.76. The molecule has 0 amide bonds. The summed E-state index contributed by atoms with van der Waals surface area (Å²) in [5, 5.41) is 0. The number of hydrogen-bond acceptors (Lipinski definition) is 7. The zero-order chi connectivity index (χ0) is 23.8. The van der Waals surface area contributed by atoms with E-state index in [1.54, 1.807) is 24.5 Å². The van der Waals surface area contributed by atoms with Crippen LogP contribution in [0, 0.1) is 5.82 Å². The second kappa shape index (κ2) is 11.6. The van der Waals surface area contributed by atoms with Crippen molar-refractivity contribution in [2.75, 3.05) is 33.0 Å². The van der Waals surface area contributed by atoms with Crippen LogP contribution in [0.5, 0.6) is 17.4 Å². The van der Waals surface area contributed by atoms with Crippen LogP contribution in [0.1, 0.15) is 20.3 Å². The van der Waals surface area contributed by atoms with Gasteiger partial charge in [-0.05, 0) is 44.8 Å². The van der Waals surface area contributed by atoms with Gasteiger partial charge in [-0.15, -0.1) is 11.3 Å². The van der Waals surface area contributed by atoms with E-state index >= 15 is 0 Å². The average Bonchev–Trinajstić information content (AvgIpc) is 3.25. The maximum absolute atomic E-state index is 14.2. The molecule has 0 bridgehead atoms. The number of nitrogens with zero attached hydrogens (tertiary/aromatic N) is 3. The summed E-state index contributed by atoms with van der Waals surface area (Å²) in [6, 6.07) is 11.9. The minimum Gasteiger partial charge on any atom is -0.478 e. The van der Waals surface area contributed by atoms with Gasteiger partial charge < -0.3 is 20.1 Å². The van der Waals surface area contributed by atoms with Crippen LogP contribution in [-0.2, 0) is 0 Å². The highest BCUT2D eigenvalue weighted by Crippen LogP contribution is 2.39. The van der Waals surface area contributed by atoms with Crippen LogP contribution in [0.2, 0.25) is 0 Å². The SMILES string of the molecule is CC.CN(C)CCCOc1ccc(-c2cc3nccc(Oc4ccc(N)cc4F)c3s2)cn1. The van der Waals surface area contributed by atoms with Crippen LogP contribution in [0.25, 0.3) is 20.7 Å². The smallest absolute Gasteiger partial charge is 0.213 e. The summed E-state index contributed by atoms with van der Waals surface area (Å²) in [7, 11) is 4.07. The number of ether oxygens (including phenoxy) is 2. The maximum atomic E-state index is 14.2. The highest BCUT2D eigenvalue weighted by molar-refractivity contribution is 7.22. The van der Waals surface area contributed by atoms with E-state index in [1.165, 1.54) is 23.5 Å². The summed E-state index contributed by atoms with van der Waals surface area (Å²) < 4.78 is 26.5. The van der Waals surface area contributed by atoms with E-state index in [4.69, 9.17) is 15.2 Å². The quantitative estimate of drug-likeness (QED) is 0.244. The lowest BCUT2D eigenvalue weighted by molar-refractivity contribution is 0.273. The molecule has 3 heterocycles. The highest BCUT2D eigenvalue weighted by atomic mass is 32.1. The van der Waals surface area contributed by atoms with Crippen molar-refractivity contribution in [3.63, 3.8) is 0 Å². The molecule has 2 N–H and O–H groups in total. The molecule has 3 aromatic heterocycles. The van der Waals surface area contributed by atoms with Gasteiger partial charge in [-0.25, -0.2) is 9.37 Å². The Morgan fingerprint density at radius 1 is 1.03 bits per heavy atom. The minimum absolute atomic E-state index is 0.120. The first-order valence-electron chi connectivity index (χ1n) is 10.8. The van der Waals surface area contributed by atoms with E-state index in [0.717, 1.165) is 33.6 Å². The molecule has 4 rings (SSSR count). The lowest BCUT2D eigenvalue weighted by Gasteiger charge is -2.09. The van der Waals surface area contributed by atoms with Crippen molar-refractivity contribution < 1.29 is 13.9 Å². The Hall–Kier alpha value is -3.23. The number of aromatic nitrogens is 2. The van der Waals surface area contributed by atoms with E-state index < -0.39 is 5.82 Å². The van der Waals surface area contributed by atoms with Crippen LogP contribution in [0.15, 0.2) is 54.9 Å². The van der Waals surface area contributed by atoms with Gasteiger partial charge >= 0.3 is 0 Å². The van der Waals surface area contributed by atoms with Crippen LogP contribution < -0.4 is 15.2 Å². The van der Waals surface area contributed by atoms with E-state index in [0.29, 0.717) is 23.9 Å². The predicted molar refractivity (Wildman–Crippen MR) is 134 cm³/mol. The van der Waals surface area contributed by atoms with E-state index in [2.05, 4.69) is 14.9 Å². The van der Waals surface area contributed by atoms with E-state index in [-0.39, 0.29) is 5.75 Å². The van der Waals surface area contributed by atoms with Gasteiger partial charge in [0.25, 0.3) is 0 Å². The molecule has 0 aliphatic carbocycles. The van der Waals surface area contributed by atoms with Crippen molar-refractivity contribution in [1.29, 1.82) is 0 Å². The summed E-state index contributed by atoms with van der Waals surface area (Å²) >= 11 is 1.51. The summed E-state index contributed by atoms with van der Waals surface area (Å²) in [4.78, 5) is 11.9. The van der Waals surface area contributed by atoms with Crippen molar-refractivity contribution >= 4 is 27.2 Å². The Bertz CT molecular complexity index is 1180. The first-order valence-corrected chi connectivity index (χ1v) is 11.7. The molecule has 0 saturated heterocycles. The second-order valence-corrected chi connectivity index (χ2v) is 8.37. The molecule has 1 aromatic carbocycles. The Morgan fingerprint density at radius 3 is 2.55 bits per heavy atom. The molecule has 4 aromatic rings. The zero-order valence-corrected chi connectivity index (χ0v) is 20.2. The number of anilines is 1. The number of fused-ring (bicyclic) bond motifs is 1. The Labute approximate surface area is 197 Å². The number of hydrogen-bond donors (Lipinski definition) is 1. The fraction of sp³-hybridized carbons (Fsp3) is 0.280. The normalized spacial score (nSPS) is 10.7. The van der Waals surface area contributed by atoms with Crippen molar-refractivity contribution in [3.8, 4) is 27.8 Å². The predicted octanol–water partition coefficient (Wildman–Crippen LogP) is 6.23. The van der Waals surface area contributed by atoms with Crippen LogP contribution in [0.4, 0.5) is 10.1 Å². The average molecular weight is 469 g/mol. The minimum atomic E-state index is -0.507. The number of thiophene rings is 1. The number of halogens is 1. The molecule has 0 unspecified atom stereocenters. The fourth-order valence-corrected chi connectivity index (χ4v) is 4.08. The van der Waals surface area contributed by atoms with Gasteiger partial charge in [0.1, 0.15) is 5.75 Å². The summed E-state index contributed by atoms with van der Waals surface area (Å²) in [6.45, 7) is 5.59. The summed E-state index contributed by atoms with van der Waals surface area (Å²) in [5.74, 6) is 0.754. The molecular weight excluding hydrogens is 439 g/mol. The van der Waals surface area contributed by atoms with Crippen molar-refractivity contribution in [3.05, 3.63) is 60.7 Å². The van der Waals surface area contributed by atoms with Gasteiger partial charge in [0.05, 0.1) is 16.8 Å². The first-order chi connectivity index (χ1) is 16.0. The third-order valence-electron chi connectivity index (χ3n) is 4.57. The van der Waals surface area contributed by atoms with Gasteiger partial charge in [0, 0.05) is 53.3 Å². The second-order valence-electron chi connectivity index (χ2n) is 7.32. The van der Waals surface area contributed by atoms with Gasteiger partial charge in [-0.1, -0.05) is 13.8 Å². The van der Waals surface area contributed by atoms with Crippen LogP contribution >= 0.6 is 11.3 Å².